The molecule has 1 heterocycles. The highest BCUT2D eigenvalue weighted by atomic mass is 14.9. The minimum Gasteiger partial charge on any atom is -0.384 e. The molecule has 0 fully saturated rings. The number of anilines is 2. The quantitative estimate of drug-likeness (QED) is 0.824. The van der Waals surface area contributed by atoms with E-state index in [9.17, 15) is 0 Å². The molecule has 0 amide bonds. The van der Waals surface area contributed by atoms with E-state index in [1.807, 2.05) is 12.4 Å². The average Bonchev–Trinajstić information content (AvgIpc) is 2.45. The van der Waals surface area contributed by atoms with E-state index in [1.165, 1.54) is 11.1 Å². The van der Waals surface area contributed by atoms with E-state index < -0.39 is 0 Å². The molecule has 0 saturated carbocycles. The van der Waals surface area contributed by atoms with Crippen LogP contribution in [0.1, 0.15) is 24.5 Å². The minimum atomic E-state index is 0.825. The van der Waals surface area contributed by atoms with Crippen LogP contribution in [0.25, 0.3) is 0 Å². The Morgan fingerprint density at radius 2 is 1.79 bits per heavy atom. The Labute approximate surface area is 115 Å². The first-order chi connectivity index (χ1) is 9.29. The summed E-state index contributed by atoms with van der Waals surface area (Å²) >= 11 is 0. The third kappa shape index (κ3) is 3.98. The molecule has 19 heavy (non-hydrogen) atoms. The first-order valence-electron chi connectivity index (χ1n) is 6.77. The Balaban J connectivity index is 1.98. The van der Waals surface area contributed by atoms with Crippen molar-refractivity contribution in [3.8, 4) is 0 Å². The topological polar surface area (TPSA) is 37.0 Å². The Bertz CT molecular complexity index is 523. The zero-order valence-electron chi connectivity index (χ0n) is 11.6. The number of nitrogens with one attached hydrogen (secondary N) is 2. The molecule has 3 heteroatoms. The SMILES string of the molecule is CCCNc1cncc(NCc2ccccc2C)c1. The van der Waals surface area contributed by atoms with Crippen LogP contribution in [0.15, 0.2) is 42.7 Å². The van der Waals surface area contributed by atoms with Gasteiger partial charge in [0.15, 0.2) is 0 Å². The number of pyridine rings is 1. The zero-order chi connectivity index (χ0) is 13.5. The fourth-order valence-corrected chi connectivity index (χ4v) is 1.91. The Morgan fingerprint density at radius 3 is 2.53 bits per heavy atom. The Kier molecular flexibility index (Phi) is 4.78. The Morgan fingerprint density at radius 1 is 1.05 bits per heavy atom. The molecule has 0 aliphatic rings. The normalized spacial score (nSPS) is 10.2. The molecular weight excluding hydrogens is 234 g/mol. The van der Waals surface area contributed by atoms with Crippen LogP contribution < -0.4 is 10.6 Å². The third-order valence-corrected chi connectivity index (χ3v) is 3.06. The van der Waals surface area contributed by atoms with Gasteiger partial charge in [0.25, 0.3) is 0 Å². The monoisotopic (exact) mass is 255 g/mol. The van der Waals surface area contributed by atoms with Gasteiger partial charge in [-0.1, -0.05) is 31.2 Å². The summed E-state index contributed by atoms with van der Waals surface area (Å²) in [5.74, 6) is 0. The third-order valence-electron chi connectivity index (χ3n) is 3.06. The van der Waals surface area contributed by atoms with E-state index in [1.54, 1.807) is 0 Å². The number of nitrogens with zero attached hydrogens (tertiary/aromatic N) is 1. The van der Waals surface area contributed by atoms with E-state index in [4.69, 9.17) is 0 Å². The van der Waals surface area contributed by atoms with Crippen LogP contribution in [0, 0.1) is 6.92 Å². The Hall–Kier alpha value is -2.03. The molecule has 0 aliphatic heterocycles. The zero-order valence-corrected chi connectivity index (χ0v) is 11.6. The predicted octanol–water partition coefficient (Wildman–Crippen LogP) is 3.82. The second-order valence-corrected chi connectivity index (χ2v) is 4.67. The number of benzene rings is 1. The summed E-state index contributed by atoms with van der Waals surface area (Å²) in [6.07, 6.45) is 4.82. The number of rotatable bonds is 6. The lowest BCUT2D eigenvalue weighted by molar-refractivity contribution is 0.977. The molecule has 0 atom stereocenters. The van der Waals surface area contributed by atoms with Crippen molar-refractivity contribution >= 4 is 11.4 Å². The van der Waals surface area contributed by atoms with Gasteiger partial charge >= 0.3 is 0 Å². The smallest absolute Gasteiger partial charge is 0.0550 e. The van der Waals surface area contributed by atoms with Gasteiger partial charge in [0.2, 0.25) is 0 Å². The van der Waals surface area contributed by atoms with Gasteiger partial charge in [-0.15, -0.1) is 0 Å². The fourth-order valence-electron chi connectivity index (χ4n) is 1.91. The number of hydrogen-bond acceptors (Lipinski definition) is 3. The van der Waals surface area contributed by atoms with Gasteiger partial charge in [-0.25, -0.2) is 0 Å². The highest BCUT2D eigenvalue weighted by Gasteiger charge is 1.99. The largest absolute Gasteiger partial charge is 0.384 e. The lowest BCUT2D eigenvalue weighted by Crippen LogP contribution is -2.04. The first-order valence-corrected chi connectivity index (χ1v) is 6.77. The van der Waals surface area contributed by atoms with E-state index in [0.717, 1.165) is 30.9 Å². The average molecular weight is 255 g/mol. The van der Waals surface area contributed by atoms with Crippen molar-refractivity contribution in [1.29, 1.82) is 0 Å². The molecule has 100 valence electrons. The summed E-state index contributed by atoms with van der Waals surface area (Å²) in [5.41, 5.74) is 4.73. The van der Waals surface area contributed by atoms with Crippen LogP contribution in [0.4, 0.5) is 11.4 Å². The fraction of sp³-hybridized carbons (Fsp3) is 0.312. The summed E-state index contributed by atoms with van der Waals surface area (Å²) < 4.78 is 0. The van der Waals surface area contributed by atoms with Gasteiger partial charge in [-0.05, 0) is 30.5 Å². The summed E-state index contributed by atoms with van der Waals surface area (Å²) in [4.78, 5) is 4.25. The predicted molar refractivity (Wildman–Crippen MR) is 81.5 cm³/mol. The van der Waals surface area contributed by atoms with Gasteiger partial charge in [0, 0.05) is 13.1 Å². The van der Waals surface area contributed by atoms with E-state index in [0.29, 0.717) is 0 Å². The van der Waals surface area contributed by atoms with Crippen molar-refractivity contribution in [3.63, 3.8) is 0 Å². The van der Waals surface area contributed by atoms with Gasteiger partial charge in [0.05, 0.1) is 23.8 Å². The van der Waals surface area contributed by atoms with E-state index in [2.05, 4.69) is 59.8 Å². The van der Waals surface area contributed by atoms with Crippen molar-refractivity contribution < 1.29 is 0 Å². The second-order valence-electron chi connectivity index (χ2n) is 4.67. The highest BCUT2D eigenvalue weighted by Crippen LogP contribution is 2.15. The minimum absolute atomic E-state index is 0.825. The van der Waals surface area contributed by atoms with Gasteiger partial charge in [0.1, 0.15) is 0 Å². The van der Waals surface area contributed by atoms with Crippen molar-refractivity contribution in [3.05, 3.63) is 53.9 Å². The van der Waals surface area contributed by atoms with E-state index in [-0.39, 0.29) is 0 Å². The maximum atomic E-state index is 4.25. The van der Waals surface area contributed by atoms with Crippen LogP contribution in [-0.4, -0.2) is 11.5 Å². The number of aromatic nitrogens is 1. The van der Waals surface area contributed by atoms with Crippen LogP contribution in [0.2, 0.25) is 0 Å². The molecule has 0 radical (unpaired) electrons. The lowest BCUT2D eigenvalue weighted by atomic mass is 10.1. The van der Waals surface area contributed by atoms with Crippen LogP contribution in [-0.2, 0) is 6.54 Å². The summed E-state index contributed by atoms with van der Waals surface area (Å²) in [6, 6.07) is 10.5. The maximum absolute atomic E-state index is 4.25. The molecule has 0 saturated heterocycles. The molecule has 0 bridgehead atoms. The number of aryl methyl sites for hydroxylation is 1. The van der Waals surface area contributed by atoms with Crippen molar-refractivity contribution in [1.82, 2.24) is 4.98 Å². The van der Waals surface area contributed by atoms with E-state index >= 15 is 0 Å². The van der Waals surface area contributed by atoms with Gasteiger partial charge < -0.3 is 10.6 Å². The molecule has 1 aromatic heterocycles. The molecule has 0 unspecified atom stereocenters. The van der Waals surface area contributed by atoms with Crippen LogP contribution in [0.3, 0.4) is 0 Å². The molecule has 2 aromatic rings. The lowest BCUT2D eigenvalue weighted by Gasteiger charge is -2.10. The van der Waals surface area contributed by atoms with Crippen LogP contribution in [0.5, 0.6) is 0 Å². The maximum Gasteiger partial charge on any atom is 0.0550 e. The molecule has 1 aromatic carbocycles. The molecule has 0 spiro atoms. The molecule has 0 aliphatic carbocycles. The standard InChI is InChI=1S/C16H21N3/c1-3-8-18-15-9-16(12-17-11-15)19-10-14-7-5-4-6-13(14)2/h4-7,9,11-12,18-19H,3,8,10H2,1-2H3. The van der Waals surface area contributed by atoms with Crippen molar-refractivity contribution in [2.24, 2.45) is 0 Å². The summed E-state index contributed by atoms with van der Waals surface area (Å²) in [7, 11) is 0. The number of hydrogen-bond donors (Lipinski definition) is 2. The molecular formula is C16H21N3. The highest BCUT2D eigenvalue weighted by molar-refractivity contribution is 5.54. The second kappa shape index (κ2) is 6.78. The van der Waals surface area contributed by atoms with Crippen LogP contribution >= 0.6 is 0 Å². The van der Waals surface area contributed by atoms with Gasteiger partial charge in [-0.2, -0.15) is 0 Å². The van der Waals surface area contributed by atoms with Crippen molar-refractivity contribution in [2.45, 2.75) is 26.8 Å². The van der Waals surface area contributed by atoms with Gasteiger partial charge in [-0.3, -0.25) is 4.98 Å². The summed E-state index contributed by atoms with van der Waals surface area (Å²) in [5, 5.41) is 6.76. The summed E-state index contributed by atoms with van der Waals surface area (Å²) in [6.45, 7) is 6.09. The molecule has 2 N–H and O–H groups in total. The molecule has 3 nitrogen and oxygen atoms in total. The van der Waals surface area contributed by atoms with Crippen molar-refractivity contribution in [2.75, 3.05) is 17.2 Å². The molecule has 2 rings (SSSR count). The first kappa shape index (κ1) is 13.4.